The molecule has 0 aliphatic heterocycles. The molecule has 0 heterocycles. The van der Waals surface area contributed by atoms with Crippen molar-refractivity contribution in [3.63, 3.8) is 0 Å². The summed E-state index contributed by atoms with van der Waals surface area (Å²) in [5.41, 5.74) is 6.29. The number of nitrogens with zero attached hydrogens (tertiary/aromatic N) is 1. The van der Waals surface area contributed by atoms with Crippen molar-refractivity contribution in [2.45, 2.75) is 6.42 Å². The van der Waals surface area contributed by atoms with E-state index in [-0.39, 0.29) is 5.91 Å². The van der Waals surface area contributed by atoms with Gasteiger partial charge in [0.2, 0.25) is 5.91 Å². The maximum absolute atomic E-state index is 10.6. The zero-order valence-corrected chi connectivity index (χ0v) is 9.50. The number of rotatable bonds is 5. The van der Waals surface area contributed by atoms with Crippen LogP contribution in [0.15, 0.2) is 24.3 Å². The predicted octanol–water partition coefficient (Wildman–Crippen LogP) is 1.30. The normalized spacial score (nSPS) is 10.6. The van der Waals surface area contributed by atoms with Crippen molar-refractivity contribution in [3.8, 4) is 0 Å². The fourth-order valence-corrected chi connectivity index (χ4v) is 1.44. The molecule has 15 heavy (non-hydrogen) atoms. The first-order valence-electron chi connectivity index (χ1n) is 4.79. The minimum atomic E-state index is -0.298. The number of benzene rings is 1. The van der Waals surface area contributed by atoms with E-state index in [0.29, 0.717) is 6.54 Å². The van der Waals surface area contributed by atoms with Gasteiger partial charge in [0.05, 0.1) is 6.54 Å². The molecule has 82 valence electrons. The van der Waals surface area contributed by atoms with Crippen LogP contribution in [0.2, 0.25) is 5.02 Å². The molecule has 0 spiro atoms. The van der Waals surface area contributed by atoms with E-state index in [9.17, 15) is 4.79 Å². The molecule has 0 saturated heterocycles. The van der Waals surface area contributed by atoms with Crippen molar-refractivity contribution in [1.82, 2.24) is 4.90 Å². The third-order valence-electron chi connectivity index (χ3n) is 2.12. The number of likely N-dealkylation sites (N-methyl/N-ethyl adjacent to an activating group) is 1. The van der Waals surface area contributed by atoms with E-state index in [1.807, 2.05) is 36.2 Å². The van der Waals surface area contributed by atoms with Crippen LogP contribution < -0.4 is 5.73 Å². The van der Waals surface area contributed by atoms with Gasteiger partial charge >= 0.3 is 0 Å². The van der Waals surface area contributed by atoms with E-state index in [0.717, 1.165) is 18.0 Å². The van der Waals surface area contributed by atoms with Crippen LogP contribution >= 0.6 is 11.6 Å². The molecule has 1 aromatic rings. The van der Waals surface area contributed by atoms with E-state index < -0.39 is 0 Å². The van der Waals surface area contributed by atoms with E-state index >= 15 is 0 Å². The maximum Gasteiger partial charge on any atom is 0.231 e. The van der Waals surface area contributed by atoms with Gasteiger partial charge in [0.25, 0.3) is 0 Å². The highest BCUT2D eigenvalue weighted by Crippen LogP contribution is 2.09. The molecule has 0 aliphatic rings. The fourth-order valence-electron chi connectivity index (χ4n) is 1.32. The van der Waals surface area contributed by atoms with Crippen LogP contribution in [0.5, 0.6) is 0 Å². The third-order valence-corrected chi connectivity index (χ3v) is 2.37. The largest absolute Gasteiger partial charge is 0.369 e. The molecule has 0 atom stereocenters. The molecule has 0 radical (unpaired) electrons. The molecule has 0 saturated carbocycles. The van der Waals surface area contributed by atoms with Crippen molar-refractivity contribution in [2.75, 3.05) is 20.1 Å². The lowest BCUT2D eigenvalue weighted by Crippen LogP contribution is -2.32. The molecule has 0 aliphatic carbocycles. The first kappa shape index (κ1) is 12.0. The highest BCUT2D eigenvalue weighted by atomic mass is 35.5. The van der Waals surface area contributed by atoms with Gasteiger partial charge in [-0.05, 0) is 31.2 Å². The number of hydrogen-bond acceptors (Lipinski definition) is 2. The Morgan fingerprint density at radius 2 is 2.00 bits per heavy atom. The summed E-state index contributed by atoms with van der Waals surface area (Å²) in [5, 5.41) is 0.740. The van der Waals surface area contributed by atoms with Crippen LogP contribution in [0.1, 0.15) is 5.56 Å². The van der Waals surface area contributed by atoms with Crippen LogP contribution in [-0.4, -0.2) is 30.9 Å². The molecule has 0 unspecified atom stereocenters. The summed E-state index contributed by atoms with van der Waals surface area (Å²) >= 11 is 5.77. The second-order valence-electron chi connectivity index (χ2n) is 3.58. The van der Waals surface area contributed by atoms with Crippen molar-refractivity contribution in [2.24, 2.45) is 5.73 Å². The Labute approximate surface area is 94.8 Å². The van der Waals surface area contributed by atoms with Crippen molar-refractivity contribution >= 4 is 17.5 Å². The lowest BCUT2D eigenvalue weighted by molar-refractivity contribution is -0.118. The van der Waals surface area contributed by atoms with Gasteiger partial charge in [-0.25, -0.2) is 0 Å². The molecule has 3 nitrogen and oxygen atoms in total. The Kier molecular flexibility index (Phi) is 4.59. The number of amides is 1. The SMILES string of the molecule is CN(CCc1ccc(Cl)cc1)CC(N)=O. The lowest BCUT2D eigenvalue weighted by Gasteiger charge is -2.13. The van der Waals surface area contributed by atoms with Gasteiger partial charge in [-0.1, -0.05) is 23.7 Å². The number of carbonyl (C=O) groups is 1. The van der Waals surface area contributed by atoms with Gasteiger partial charge in [-0.2, -0.15) is 0 Å². The predicted molar refractivity (Wildman–Crippen MR) is 61.8 cm³/mol. The Morgan fingerprint density at radius 1 is 1.40 bits per heavy atom. The van der Waals surface area contributed by atoms with Crippen molar-refractivity contribution in [3.05, 3.63) is 34.9 Å². The summed E-state index contributed by atoms with van der Waals surface area (Å²) in [7, 11) is 1.88. The Bertz CT molecular complexity index is 324. The van der Waals surface area contributed by atoms with Gasteiger partial charge in [0.1, 0.15) is 0 Å². The highest BCUT2D eigenvalue weighted by molar-refractivity contribution is 6.30. The monoisotopic (exact) mass is 226 g/mol. The number of primary amides is 1. The minimum absolute atomic E-state index is 0.298. The molecule has 0 bridgehead atoms. The lowest BCUT2D eigenvalue weighted by atomic mass is 10.1. The van der Waals surface area contributed by atoms with Crippen molar-refractivity contribution in [1.29, 1.82) is 0 Å². The van der Waals surface area contributed by atoms with Gasteiger partial charge in [0.15, 0.2) is 0 Å². The zero-order chi connectivity index (χ0) is 11.3. The number of hydrogen-bond donors (Lipinski definition) is 1. The van der Waals surface area contributed by atoms with Gasteiger partial charge in [-0.3, -0.25) is 9.69 Å². The topological polar surface area (TPSA) is 46.3 Å². The summed E-state index contributed by atoms with van der Waals surface area (Å²) < 4.78 is 0. The molecule has 2 N–H and O–H groups in total. The molecular weight excluding hydrogens is 212 g/mol. The average Bonchev–Trinajstić information content (AvgIpc) is 2.16. The quantitative estimate of drug-likeness (QED) is 0.823. The van der Waals surface area contributed by atoms with Crippen LogP contribution in [0.25, 0.3) is 0 Å². The first-order valence-corrected chi connectivity index (χ1v) is 5.17. The Balaban J connectivity index is 2.36. The minimum Gasteiger partial charge on any atom is -0.369 e. The highest BCUT2D eigenvalue weighted by Gasteiger charge is 2.02. The summed E-state index contributed by atoms with van der Waals surface area (Å²) in [6, 6.07) is 7.71. The molecule has 1 amide bonds. The van der Waals surface area contributed by atoms with Crippen LogP contribution in [0.3, 0.4) is 0 Å². The number of halogens is 1. The molecule has 0 fully saturated rings. The van der Waals surface area contributed by atoms with Crippen LogP contribution in [0, 0.1) is 0 Å². The fraction of sp³-hybridized carbons (Fsp3) is 0.364. The summed E-state index contributed by atoms with van der Waals surface area (Å²) in [4.78, 5) is 12.5. The number of carbonyl (C=O) groups excluding carboxylic acids is 1. The number of nitrogens with two attached hydrogens (primary N) is 1. The van der Waals surface area contributed by atoms with Gasteiger partial charge < -0.3 is 5.73 Å². The third kappa shape index (κ3) is 4.81. The molecule has 0 aromatic heterocycles. The molecular formula is C11H15ClN2O. The molecule has 1 aromatic carbocycles. The van der Waals surface area contributed by atoms with E-state index in [2.05, 4.69) is 0 Å². The van der Waals surface area contributed by atoms with E-state index in [1.54, 1.807) is 0 Å². The van der Waals surface area contributed by atoms with Crippen molar-refractivity contribution < 1.29 is 4.79 Å². The molecule has 4 heteroatoms. The summed E-state index contributed by atoms with van der Waals surface area (Å²) in [5.74, 6) is -0.298. The van der Waals surface area contributed by atoms with E-state index in [1.165, 1.54) is 5.56 Å². The van der Waals surface area contributed by atoms with Crippen LogP contribution in [0.4, 0.5) is 0 Å². The maximum atomic E-state index is 10.6. The Hall–Kier alpha value is -1.06. The second kappa shape index (κ2) is 5.73. The van der Waals surface area contributed by atoms with Crippen LogP contribution in [-0.2, 0) is 11.2 Å². The average molecular weight is 227 g/mol. The first-order chi connectivity index (χ1) is 7.08. The standard InChI is InChI=1S/C11H15ClN2O/c1-14(8-11(13)15)7-6-9-2-4-10(12)5-3-9/h2-5H,6-8H2,1H3,(H2,13,15). The zero-order valence-electron chi connectivity index (χ0n) is 8.74. The van der Waals surface area contributed by atoms with E-state index in [4.69, 9.17) is 17.3 Å². The summed E-state index contributed by atoms with van der Waals surface area (Å²) in [6.45, 7) is 1.11. The second-order valence-corrected chi connectivity index (χ2v) is 4.02. The van der Waals surface area contributed by atoms with Gasteiger partial charge in [0, 0.05) is 11.6 Å². The summed E-state index contributed by atoms with van der Waals surface area (Å²) in [6.07, 6.45) is 0.890. The smallest absolute Gasteiger partial charge is 0.231 e. The van der Waals surface area contributed by atoms with Gasteiger partial charge in [-0.15, -0.1) is 0 Å². The Morgan fingerprint density at radius 3 is 2.53 bits per heavy atom. The molecule has 1 rings (SSSR count).